The summed E-state index contributed by atoms with van der Waals surface area (Å²) < 4.78 is 2.45. The number of para-hydroxylation sites is 4. The fourth-order valence-electron chi connectivity index (χ4n) is 13.6. The Morgan fingerprint density at radius 2 is 0.602 bits per heavy atom. The van der Waals surface area contributed by atoms with Crippen molar-refractivity contribution in [2.24, 2.45) is 0 Å². The molecule has 17 rings (SSSR count). The molecule has 0 N–H and O–H groups in total. The molecule has 2 aliphatic rings. The van der Waals surface area contributed by atoms with Gasteiger partial charge in [0.2, 0.25) is 0 Å². The molecular weight excluding hydrogens is 1070 g/mol. The van der Waals surface area contributed by atoms with Gasteiger partial charge in [-0.15, -0.1) is 0 Å². The molecule has 0 unspecified atom stereocenters. The maximum Gasteiger partial charge on any atom is 0.252 e. The minimum atomic E-state index is 0.0204. The Kier molecular flexibility index (Phi) is 12.2. The lowest BCUT2D eigenvalue weighted by atomic mass is 9.33. The van der Waals surface area contributed by atoms with E-state index in [0.29, 0.717) is 17.5 Å². The molecule has 0 saturated heterocycles. The lowest BCUT2D eigenvalue weighted by Gasteiger charge is -2.44. The highest BCUT2D eigenvalue weighted by Gasteiger charge is 2.43. The van der Waals surface area contributed by atoms with Crippen molar-refractivity contribution in [3.05, 3.63) is 322 Å². The molecule has 0 aliphatic carbocycles. The summed E-state index contributed by atoms with van der Waals surface area (Å²) in [5, 5.41) is 2.35. The Balaban J connectivity index is 0.886. The molecule has 0 atom stereocenters. The largest absolute Gasteiger partial charge is 0.311 e. The van der Waals surface area contributed by atoms with Crippen molar-refractivity contribution in [1.29, 1.82) is 0 Å². The first kappa shape index (κ1) is 50.8. The molecule has 88 heavy (non-hydrogen) atoms. The maximum absolute atomic E-state index is 5.27. The molecule has 0 bridgehead atoms. The molecule has 410 valence electrons. The van der Waals surface area contributed by atoms with Gasteiger partial charge in [0.25, 0.3) is 6.71 Å². The van der Waals surface area contributed by atoms with E-state index in [1.807, 2.05) is 36.4 Å². The van der Waals surface area contributed by atoms with Gasteiger partial charge in [0, 0.05) is 67.2 Å². The number of hydrogen-bond acceptors (Lipinski definition) is 5. The molecule has 0 saturated carbocycles. The Morgan fingerprint density at radius 3 is 1.07 bits per heavy atom. The van der Waals surface area contributed by atoms with Crippen LogP contribution in [0.25, 0.3) is 106 Å². The average molecular weight is 1120 g/mol. The second-order valence-electron chi connectivity index (χ2n) is 22.7. The van der Waals surface area contributed by atoms with Crippen LogP contribution in [0.15, 0.2) is 322 Å². The van der Waals surface area contributed by atoms with Crippen LogP contribution in [0.4, 0.5) is 34.1 Å². The number of anilines is 6. The van der Waals surface area contributed by atoms with Gasteiger partial charge in [0.15, 0.2) is 17.5 Å². The van der Waals surface area contributed by atoms with Crippen molar-refractivity contribution in [1.82, 2.24) is 19.5 Å². The van der Waals surface area contributed by atoms with E-state index in [-0.39, 0.29) is 6.71 Å². The number of hydrogen-bond donors (Lipinski definition) is 0. The first-order valence-corrected chi connectivity index (χ1v) is 30.0. The monoisotopic (exact) mass is 1120 g/mol. The third-order valence-corrected chi connectivity index (χ3v) is 17.6. The van der Waals surface area contributed by atoms with Crippen molar-refractivity contribution < 1.29 is 0 Å². The topological polar surface area (TPSA) is 50.1 Å². The second kappa shape index (κ2) is 21.1. The van der Waals surface area contributed by atoms with Gasteiger partial charge in [-0.2, -0.15) is 0 Å². The highest BCUT2D eigenvalue weighted by atomic mass is 15.2. The Hall–Kier alpha value is -11.7. The molecule has 15 aromatic rings. The highest BCUT2D eigenvalue weighted by Crippen LogP contribution is 2.47. The lowest BCUT2D eigenvalue weighted by Crippen LogP contribution is -2.61. The molecule has 13 aromatic carbocycles. The molecule has 4 heterocycles. The van der Waals surface area contributed by atoms with Gasteiger partial charge < -0.3 is 14.4 Å². The summed E-state index contributed by atoms with van der Waals surface area (Å²) in [6, 6.07) is 116. The van der Waals surface area contributed by atoms with Gasteiger partial charge in [0.1, 0.15) is 0 Å². The number of rotatable bonds is 10. The van der Waals surface area contributed by atoms with Crippen LogP contribution in [0.5, 0.6) is 0 Å². The molecule has 0 radical (unpaired) electrons. The molecule has 0 fully saturated rings. The minimum absolute atomic E-state index is 0.0204. The zero-order valence-corrected chi connectivity index (χ0v) is 47.9. The molecule has 2 aromatic heterocycles. The van der Waals surface area contributed by atoms with E-state index in [9.17, 15) is 0 Å². The summed E-state index contributed by atoms with van der Waals surface area (Å²) in [4.78, 5) is 20.6. The van der Waals surface area contributed by atoms with E-state index in [1.165, 1.54) is 60.8 Å². The predicted octanol–water partition coefficient (Wildman–Crippen LogP) is 18.7. The molecular formula is C81H53BN6. The van der Waals surface area contributed by atoms with E-state index in [1.54, 1.807) is 0 Å². The van der Waals surface area contributed by atoms with Crippen molar-refractivity contribution in [3.63, 3.8) is 0 Å². The van der Waals surface area contributed by atoms with Crippen LogP contribution >= 0.6 is 0 Å². The van der Waals surface area contributed by atoms with E-state index >= 15 is 0 Å². The Bertz CT molecular complexity index is 4870. The van der Waals surface area contributed by atoms with Gasteiger partial charge in [-0.1, -0.05) is 231 Å². The maximum atomic E-state index is 5.27. The van der Waals surface area contributed by atoms with E-state index in [2.05, 4.69) is 299 Å². The Morgan fingerprint density at radius 1 is 0.239 bits per heavy atom. The van der Waals surface area contributed by atoms with Crippen LogP contribution in [0.2, 0.25) is 0 Å². The first-order chi connectivity index (χ1) is 43.6. The summed E-state index contributed by atoms with van der Waals surface area (Å²) in [6.45, 7) is 0.0204. The minimum Gasteiger partial charge on any atom is -0.311 e. The molecule has 2 aliphatic heterocycles. The number of fused-ring (bicyclic) bond motifs is 7. The standard InChI is InChI=1S/C81H53BN6/c1-7-23-54(24-8-1)60-43-46-72-67(49-60)68-50-61(55-25-9-2-10-26-55)44-47-73(68)88(72)71-48-45-62(81-84-79(58-27-11-3-12-28-58)83-80(85-81)59-29-13-4-14-30-59)51-66(71)57-41-39-56(40-42-57)63-52-76-78-77(53-63)87(65-33-17-6-18-34-65)75-38-22-20-36-70(75)82(78)69-35-19-21-37-74(69)86(76)64-31-15-5-16-32-64/h1-53H. The van der Waals surface area contributed by atoms with Crippen LogP contribution in [0.1, 0.15) is 0 Å². The SMILES string of the molecule is c1ccc(-c2ccc3c(c2)c2cc(-c4ccccc4)ccc2n3-c2ccc(-c3nc(-c4ccccc4)nc(-c4ccccc4)n3)cc2-c2ccc(-c3cc4c5c(c3)N(c3ccccc3)c3ccccc3B5c3ccccc3N4c3ccccc3)cc2)cc1. The smallest absolute Gasteiger partial charge is 0.252 e. The summed E-state index contributed by atoms with van der Waals surface area (Å²) in [6.07, 6.45) is 0. The van der Waals surface area contributed by atoms with Crippen LogP contribution in [-0.2, 0) is 0 Å². The lowest BCUT2D eigenvalue weighted by molar-refractivity contribution is 1.07. The number of nitrogens with zero attached hydrogens (tertiary/aromatic N) is 6. The molecule has 7 heteroatoms. The van der Waals surface area contributed by atoms with Crippen LogP contribution in [0, 0.1) is 0 Å². The number of benzene rings is 13. The normalized spacial score (nSPS) is 12.2. The zero-order valence-electron chi connectivity index (χ0n) is 47.9. The van der Waals surface area contributed by atoms with Gasteiger partial charge in [-0.05, 0) is 146 Å². The van der Waals surface area contributed by atoms with Crippen LogP contribution in [0.3, 0.4) is 0 Å². The summed E-state index contributed by atoms with van der Waals surface area (Å²) in [5.74, 6) is 1.82. The quantitative estimate of drug-likeness (QED) is 0.128. The third kappa shape index (κ3) is 8.62. The molecule has 0 amide bonds. The van der Waals surface area contributed by atoms with E-state index < -0.39 is 0 Å². The third-order valence-electron chi connectivity index (χ3n) is 17.6. The first-order valence-electron chi connectivity index (χ1n) is 30.0. The van der Waals surface area contributed by atoms with Crippen LogP contribution in [-0.4, -0.2) is 26.2 Å². The summed E-state index contributed by atoms with van der Waals surface area (Å²) >= 11 is 0. The zero-order chi connectivity index (χ0) is 58.1. The molecule has 6 nitrogen and oxygen atoms in total. The fraction of sp³-hybridized carbons (Fsp3) is 0. The van der Waals surface area contributed by atoms with Gasteiger partial charge >= 0.3 is 0 Å². The van der Waals surface area contributed by atoms with Crippen molar-refractivity contribution in [2.45, 2.75) is 0 Å². The van der Waals surface area contributed by atoms with Crippen molar-refractivity contribution in [2.75, 3.05) is 9.80 Å². The van der Waals surface area contributed by atoms with Gasteiger partial charge in [0.05, 0.1) is 16.7 Å². The highest BCUT2D eigenvalue weighted by molar-refractivity contribution is 7.00. The number of aromatic nitrogens is 4. The second-order valence-corrected chi connectivity index (χ2v) is 22.7. The Labute approximate surface area is 511 Å². The fourth-order valence-corrected chi connectivity index (χ4v) is 13.6. The predicted molar refractivity (Wildman–Crippen MR) is 366 cm³/mol. The van der Waals surface area contributed by atoms with Crippen molar-refractivity contribution >= 4 is 79.0 Å². The summed E-state index contributed by atoms with van der Waals surface area (Å²) in [5.41, 5.74) is 25.8. The van der Waals surface area contributed by atoms with Gasteiger partial charge in [-0.25, -0.2) is 15.0 Å². The van der Waals surface area contributed by atoms with Gasteiger partial charge in [-0.3, -0.25) is 0 Å². The summed E-state index contributed by atoms with van der Waals surface area (Å²) in [7, 11) is 0. The van der Waals surface area contributed by atoms with E-state index in [0.717, 1.165) is 78.4 Å². The van der Waals surface area contributed by atoms with E-state index in [4.69, 9.17) is 15.0 Å². The average Bonchev–Trinajstić information content (AvgIpc) is 1.16. The van der Waals surface area contributed by atoms with Crippen LogP contribution < -0.4 is 26.2 Å². The van der Waals surface area contributed by atoms with Crippen molar-refractivity contribution in [3.8, 4) is 84.4 Å². The molecule has 0 spiro atoms.